The Labute approximate surface area is 175 Å². The third-order valence-electron chi connectivity index (χ3n) is 4.51. The first kappa shape index (κ1) is 22.9. The van der Waals surface area contributed by atoms with Crippen molar-refractivity contribution in [3.63, 3.8) is 0 Å². The summed E-state index contributed by atoms with van der Waals surface area (Å²) in [4.78, 5) is 26.7. The summed E-state index contributed by atoms with van der Waals surface area (Å²) in [6.07, 6.45) is -0.662. The second-order valence-corrected chi connectivity index (χ2v) is 9.49. The SMILES string of the molecule is CCS(=O)(=O)c1c(C)cc(C(=O)c2c(C)nn(C)c2OC(=O)N(C)C)c(Cl)c1C. The number of carbonyl (C=O) groups is 2. The Bertz CT molecular complexity index is 1100. The fourth-order valence-corrected chi connectivity index (χ4v) is 4.75. The maximum Gasteiger partial charge on any atom is 0.416 e. The number of hydrogen-bond acceptors (Lipinski definition) is 6. The van der Waals surface area contributed by atoms with Crippen molar-refractivity contribution in [1.29, 1.82) is 0 Å². The highest BCUT2D eigenvalue weighted by atomic mass is 35.5. The summed E-state index contributed by atoms with van der Waals surface area (Å²) in [6, 6.07) is 1.45. The maximum atomic E-state index is 13.3. The summed E-state index contributed by atoms with van der Waals surface area (Å²) in [7, 11) is 1.07. The lowest BCUT2D eigenvalue weighted by Crippen LogP contribution is -2.27. The van der Waals surface area contributed by atoms with Crippen LogP contribution in [0.1, 0.15) is 39.7 Å². The van der Waals surface area contributed by atoms with E-state index >= 15 is 0 Å². The Morgan fingerprint density at radius 1 is 1.24 bits per heavy atom. The highest BCUT2D eigenvalue weighted by Crippen LogP contribution is 2.34. The molecule has 0 atom stereocenters. The molecule has 2 aromatic rings. The van der Waals surface area contributed by atoms with Gasteiger partial charge in [0.25, 0.3) is 0 Å². The smallest absolute Gasteiger partial charge is 0.391 e. The molecule has 1 aromatic carbocycles. The fraction of sp³-hybridized carbons (Fsp3) is 0.421. The Hall–Kier alpha value is -2.39. The van der Waals surface area contributed by atoms with Gasteiger partial charge in [0.05, 0.1) is 21.4 Å². The summed E-state index contributed by atoms with van der Waals surface area (Å²) >= 11 is 6.42. The van der Waals surface area contributed by atoms with Crippen molar-refractivity contribution >= 4 is 33.3 Å². The lowest BCUT2D eigenvalue weighted by molar-refractivity contribution is 0.103. The van der Waals surface area contributed by atoms with E-state index in [2.05, 4.69) is 5.10 Å². The van der Waals surface area contributed by atoms with Crippen LogP contribution in [0.25, 0.3) is 0 Å². The molecule has 1 aromatic heterocycles. The van der Waals surface area contributed by atoms with Crippen molar-refractivity contribution in [2.45, 2.75) is 32.6 Å². The zero-order valence-corrected chi connectivity index (χ0v) is 19.0. The van der Waals surface area contributed by atoms with Crippen molar-refractivity contribution in [3.05, 3.63) is 39.0 Å². The maximum absolute atomic E-state index is 13.3. The minimum atomic E-state index is -3.51. The van der Waals surface area contributed by atoms with Crippen molar-refractivity contribution in [1.82, 2.24) is 14.7 Å². The molecule has 1 heterocycles. The van der Waals surface area contributed by atoms with Gasteiger partial charge in [0.2, 0.25) is 11.7 Å². The number of amides is 1. The van der Waals surface area contributed by atoms with E-state index < -0.39 is 21.7 Å². The van der Waals surface area contributed by atoms with Gasteiger partial charge < -0.3 is 9.64 Å². The van der Waals surface area contributed by atoms with Gasteiger partial charge in [0.15, 0.2) is 9.84 Å². The monoisotopic (exact) mass is 441 g/mol. The number of ether oxygens (including phenoxy) is 1. The highest BCUT2D eigenvalue weighted by Gasteiger charge is 2.29. The number of benzene rings is 1. The van der Waals surface area contributed by atoms with Gasteiger partial charge in [-0.3, -0.25) is 4.79 Å². The molecule has 0 fully saturated rings. The van der Waals surface area contributed by atoms with Gasteiger partial charge in [0.1, 0.15) is 5.56 Å². The first-order chi connectivity index (χ1) is 13.3. The molecular formula is C19H24ClN3O5S. The van der Waals surface area contributed by atoms with Gasteiger partial charge in [-0.15, -0.1) is 0 Å². The molecular weight excluding hydrogens is 418 g/mol. The molecule has 0 saturated heterocycles. The standard InChI is InChI=1S/C19H24ClN3O5S/c1-8-29(26,27)17-10(2)9-13(15(20)11(17)3)16(24)14-12(4)21-23(7)18(14)28-19(25)22(5)6/h9H,8H2,1-7H3. The molecule has 0 radical (unpaired) electrons. The molecule has 1 amide bonds. The van der Waals surface area contributed by atoms with Crippen LogP contribution >= 0.6 is 11.6 Å². The summed E-state index contributed by atoms with van der Waals surface area (Å²) in [5.41, 5.74) is 1.30. The molecule has 10 heteroatoms. The van der Waals surface area contributed by atoms with Crippen LogP contribution in [0.3, 0.4) is 0 Å². The first-order valence-electron chi connectivity index (χ1n) is 8.83. The lowest BCUT2D eigenvalue weighted by Gasteiger charge is -2.15. The number of nitrogens with zero attached hydrogens (tertiary/aromatic N) is 3. The first-order valence-corrected chi connectivity index (χ1v) is 10.9. The second-order valence-electron chi connectivity index (χ2n) is 6.89. The molecule has 0 aliphatic heterocycles. The number of sulfone groups is 1. The fourth-order valence-electron chi connectivity index (χ4n) is 3.06. The molecule has 8 nitrogen and oxygen atoms in total. The van der Waals surface area contributed by atoms with Crippen molar-refractivity contribution in [2.24, 2.45) is 7.05 Å². The van der Waals surface area contributed by atoms with Gasteiger partial charge in [-0.25, -0.2) is 17.9 Å². The van der Waals surface area contributed by atoms with E-state index in [0.29, 0.717) is 16.8 Å². The van der Waals surface area contributed by atoms with Crippen LogP contribution in [0, 0.1) is 20.8 Å². The molecule has 0 saturated carbocycles. The van der Waals surface area contributed by atoms with Crippen molar-refractivity contribution < 1.29 is 22.7 Å². The highest BCUT2D eigenvalue weighted by molar-refractivity contribution is 7.91. The zero-order chi connectivity index (χ0) is 22.3. The number of aryl methyl sites for hydroxylation is 3. The van der Waals surface area contributed by atoms with Crippen LogP contribution in [-0.4, -0.2) is 54.8 Å². The molecule has 0 aliphatic rings. The van der Waals surface area contributed by atoms with E-state index in [9.17, 15) is 18.0 Å². The quantitative estimate of drug-likeness (QED) is 0.661. The summed E-state index contributed by atoms with van der Waals surface area (Å²) in [5.74, 6) is -0.596. The van der Waals surface area contributed by atoms with E-state index in [4.69, 9.17) is 16.3 Å². The molecule has 2 rings (SSSR count). The van der Waals surface area contributed by atoms with E-state index in [1.807, 2.05) is 0 Å². The number of rotatable bonds is 5. The van der Waals surface area contributed by atoms with Gasteiger partial charge in [-0.05, 0) is 38.0 Å². The van der Waals surface area contributed by atoms with Crippen LogP contribution < -0.4 is 4.74 Å². The molecule has 158 valence electrons. The Morgan fingerprint density at radius 2 is 1.83 bits per heavy atom. The summed E-state index contributed by atoms with van der Waals surface area (Å²) in [6.45, 7) is 6.35. The van der Waals surface area contributed by atoms with E-state index in [-0.39, 0.29) is 32.7 Å². The van der Waals surface area contributed by atoms with Crippen LogP contribution in [0.15, 0.2) is 11.0 Å². The molecule has 0 spiro atoms. The number of aromatic nitrogens is 2. The zero-order valence-electron chi connectivity index (χ0n) is 17.5. The largest absolute Gasteiger partial charge is 0.416 e. The van der Waals surface area contributed by atoms with E-state index in [1.165, 1.54) is 29.7 Å². The van der Waals surface area contributed by atoms with Crippen LogP contribution in [0.2, 0.25) is 5.02 Å². The number of halogens is 1. The molecule has 29 heavy (non-hydrogen) atoms. The third-order valence-corrected chi connectivity index (χ3v) is 7.00. The van der Waals surface area contributed by atoms with E-state index in [1.54, 1.807) is 34.7 Å². The van der Waals surface area contributed by atoms with Crippen molar-refractivity contribution in [3.8, 4) is 5.88 Å². The molecule has 0 N–H and O–H groups in total. The van der Waals surface area contributed by atoms with Gasteiger partial charge in [-0.1, -0.05) is 18.5 Å². The van der Waals surface area contributed by atoms with Crippen molar-refractivity contribution in [2.75, 3.05) is 19.8 Å². The van der Waals surface area contributed by atoms with Gasteiger partial charge in [0, 0.05) is 26.7 Å². The number of carbonyl (C=O) groups excluding carboxylic acids is 2. The topological polar surface area (TPSA) is 98.6 Å². The normalized spacial score (nSPS) is 11.4. The third kappa shape index (κ3) is 4.16. The minimum Gasteiger partial charge on any atom is -0.391 e. The minimum absolute atomic E-state index is 0.0113. The predicted molar refractivity (Wildman–Crippen MR) is 110 cm³/mol. The average molecular weight is 442 g/mol. The van der Waals surface area contributed by atoms with Gasteiger partial charge >= 0.3 is 6.09 Å². The van der Waals surface area contributed by atoms with Crippen LogP contribution in [0.5, 0.6) is 5.88 Å². The molecule has 0 bridgehead atoms. The summed E-state index contributed by atoms with van der Waals surface area (Å²) < 4.78 is 31.5. The Balaban J connectivity index is 2.67. The Kier molecular flexibility index (Phi) is 6.44. The number of hydrogen-bond donors (Lipinski definition) is 0. The average Bonchev–Trinajstić information content (AvgIpc) is 2.90. The van der Waals surface area contributed by atoms with Gasteiger partial charge in [-0.2, -0.15) is 5.10 Å². The molecule has 0 unspecified atom stereocenters. The molecule has 0 aliphatic carbocycles. The lowest BCUT2D eigenvalue weighted by atomic mass is 9.99. The number of ketones is 1. The Morgan fingerprint density at radius 3 is 2.34 bits per heavy atom. The summed E-state index contributed by atoms with van der Waals surface area (Å²) in [5, 5.41) is 4.22. The second kappa shape index (κ2) is 8.16. The van der Waals surface area contributed by atoms with E-state index in [0.717, 1.165) is 0 Å². The van der Waals surface area contributed by atoms with Crippen LogP contribution in [0.4, 0.5) is 4.79 Å². The predicted octanol–water partition coefficient (Wildman–Crippen LogP) is 3.08. The van der Waals surface area contributed by atoms with Crippen LogP contribution in [-0.2, 0) is 16.9 Å².